The fourth-order valence-electron chi connectivity index (χ4n) is 2.84. The lowest BCUT2D eigenvalue weighted by molar-refractivity contribution is 0.102. The number of likely N-dealkylation sites (tertiary alicyclic amines) is 1. The molecule has 2 aromatic rings. The lowest BCUT2D eigenvalue weighted by atomic mass is 10.1. The van der Waals surface area contributed by atoms with Crippen LogP contribution in [0, 0.1) is 0 Å². The van der Waals surface area contributed by atoms with Gasteiger partial charge in [0.15, 0.2) is 0 Å². The van der Waals surface area contributed by atoms with Gasteiger partial charge in [-0.25, -0.2) is 12.7 Å². The number of rotatable bonds is 6. The molecule has 1 aliphatic rings. The Morgan fingerprint density at radius 2 is 1.81 bits per heavy atom. The van der Waals surface area contributed by atoms with E-state index in [1.807, 2.05) is 0 Å². The Morgan fingerprint density at radius 3 is 2.44 bits per heavy atom. The minimum absolute atomic E-state index is 0.142. The molecule has 0 saturated carbocycles. The minimum atomic E-state index is -3.51. The van der Waals surface area contributed by atoms with Gasteiger partial charge in [-0.1, -0.05) is 17.8 Å². The normalized spacial score (nSPS) is 15.8. The van der Waals surface area contributed by atoms with Gasteiger partial charge in [0.25, 0.3) is 5.91 Å². The van der Waals surface area contributed by atoms with Gasteiger partial charge in [0.2, 0.25) is 15.2 Å². The highest BCUT2D eigenvalue weighted by molar-refractivity contribution is 7.89. The van der Waals surface area contributed by atoms with Crippen molar-refractivity contribution in [1.82, 2.24) is 19.4 Å². The van der Waals surface area contributed by atoms with Crippen LogP contribution in [-0.2, 0) is 16.6 Å². The summed E-state index contributed by atoms with van der Waals surface area (Å²) in [4.78, 5) is 14.9. The van der Waals surface area contributed by atoms with Crippen molar-refractivity contribution in [3.63, 3.8) is 0 Å². The maximum atomic E-state index is 12.4. The highest BCUT2D eigenvalue weighted by atomic mass is 32.2. The van der Waals surface area contributed by atoms with Crippen LogP contribution in [0.25, 0.3) is 0 Å². The molecule has 1 aromatic heterocycles. The molecule has 0 unspecified atom stereocenters. The number of anilines is 1. The van der Waals surface area contributed by atoms with E-state index in [1.54, 1.807) is 0 Å². The number of carbonyl (C=O) groups is 1. The summed E-state index contributed by atoms with van der Waals surface area (Å²) < 4.78 is 25.3. The van der Waals surface area contributed by atoms with Crippen LogP contribution in [0.4, 0.5) is 5.13 Å². The number of hydrogen-bond donors (Lipinski definition) is 1. The van der Waals surface area contributed by atoms with E-state index in [2.05, 4.69) is 20.4 Å². The van der Waals surface area contributed by atoms with Crippen molar-refractivity contribution in [2.75, 3.05) is 32.5 Å². The van der Waals surface area contributed by atoms with Gasteiger partial charge >= 0.3 is 0 Å². The SMILES string of the molecule is CN(C)S(=O)(=O)c1ccc(C(=O)Nc2nnc(CN3CCCCC3)s2)cc1. The van der Waals surface area contributed by atoms with E-state index >= 15 is 0 Å². The monoisotopic (exact) mass is 409 g/mol. The first-order chi connectivity index (χ1) is 12.9. The second kappa shape index (κ2) is 8.42. The number of nitrogens with zero attached hydrogens (tertiary/aromatic N) is 4. The maximum absolute atomic E-state index is 12.4. The zero-order valence-electron chi connectivity index (χ0n) is 15.4. The lowest BCUT2D eigenvalue weighted by Crippen LogP contribution is -2.28. The molecule has 0 atom stereocenters. The van der Waals surface area contributed by atoms with Crippen molar-refractivity contribution in [1.29, 1.82) is 0 Å². The Labute approximate surface area is 163 Å². The average Bonchev–Trinajstić information content (AvgIpc) is 3.09. The predicted octanol–water partition coefficient (Wildman–Crippen LogP) is 2.03. The first-order valence-electron chi connectivity index (χ1n) is 8.75. The summed E-state index contributed by atoms with van der Waals surface area (Å²) >= 11 is 1.36. The van der Waals surface area contributed by atoms with Crippen LogP contribution in [0.2, 0.25) is 0 Å². The van der Waals surface area contributed by atoms with Gasteiger partial charge in [-0.2, -0.15) is 0 Å². The first-order valence-corrected chi connectivity index (χ1v) is 11.0. The first kappa shape index (κ1) is 19.9. The van der Waals surface area contributed by atoms with E-state index < -0.39 is 10.0 Å². The molecule has 10 heteroatoms. The van der Waals surface area contributed by atoms with E-state index in [0.29, 0.717) is 10.7 Å². The van der Waals surface area contributed by atoms with Gasteiger partial charge in [0.05, 0.1) is 11.4 Å². The van der Waals surface area contributed by atoms with Gasteiger partial charge in [0, 0.05) is 19.7 Å². The van der Waals surface area contributed by atoms with Crippen molar-refractivity contribution >= 4 is 32.4 Å². The molecule has 1 aromatic carbocycles. The quantitative estimate of drug-likeness (QED) is 0.784. The van der Waals surface area contributed by atoms with Crippen molar-refractivity contribution in [3.05, 3.63) is 34.8 Å². The summed E-state index contributed by atoms with van der Waals surface area (Å²) in [6.45, 7) is 2.90. The van der Waals surface area contributed by atoms with E-state index in [4.69, 9.17) is 0 Å². The highest BCUT2D eigenvalue weighted by Gasteiger charge is 2.18. The Hall–Kier alpha value is -1.88. The molecule has 1 N–H and O–H groups in total. The standard InChI is InChI=1S/C17H23N5O3S2/c1-21(2)27(24,25)14-8-6-13(7-9-14)16(23)18-17-20-19-15(26-17)12-22-10-4-3-5-11-22/h6-9H,3-5,10-12H2,1-2H3,(H,18,20,23). The van der Waals surface area contributed by atoms with Gasteiger partial charge in [-0.3, -0.25) is 15.0 Å². The number of carbonyl (C=O) groups excluding carboxylic acids is 1. The molecule has 0 bridgehead atoms. The number of nitrogens with one attached hydrogen (secondary N) is 1. The molecular weight excluding hydrogens is 386 g/mol. The van der Waals surface area contributed by atoms with Crippen LogP contribution in [0.3, 0.4) is 0 Å². The summed E-state index contributed by atoms with van der Waals surface area (Å²) in [5, 5.41) is 12.2. The number of amides is 1. The summed E-state index contributed by atoms with van der Waals surface area (Å²) in [6.07, 6.45) is 3.70. The fraction of sp³-hybridized carbons (Fsp3) is 0.471. The number of benzene rings is 1. The summed E-state index contributed by atoms with van der Waals surface area (Å²) in [7, 11) is -0.582. The molecule has 3 rings (SSSR count). The minimum Gasteiger partial charge on any atom is -0.297 e. The third kappa shape index (κ3) is 4.89. The molecule has 8 nitrogen and oxygen atoms in total. The van der Waals surface area contributed by atoms with Crippen LogP contribution >= 0.6 is 11.3 Å². The average molecular weight is 410 g/mol. The Balaban J connectivity index is 1.62. The van der Waals surface area contributed by atoms with Gasteiger partial charge in [0.1, 0.15) is 5.01 Å². The Bertz CT molecular complexity index is 888. The molecule has 146 valence electrons. The van der Waals surface area contributed by atoms with Gasteiger partial charge in [-0.15, -0.1) is 10.2 Å². The lowest BCUT2D eigenvalue weighted by Gasteiger charge is -2.24. The van der Waals surface area contributed by atoms with E-state index in [1.165, 1.54) is 69.0 Å². The largest absolute Gasteiger partial charge is 0.297 e. The van der Waals surface area contributed by atoms with Crippen LogP contribution < -0.4 is 5.32 Å². The second-order valence-electron chi connectivity index (χ2n) is 6.60. The second-order valence-corrected chi connectivity index (χ2v) is 9.82. The zero-order chi connectivity index (χ0) is 19.4. The van der Waals surface area contributed by atoms with Gasteiger partial charge in [-0.05, 0) is 50.2 Å². The van der Waals surface area contributed by atoms with Crippen LogP contribution in [0.1, 0.15) is 34.6 Å². The van der Waals surface area contributed by atoms with Crippen LogP contribution in [-0.4, -0.2) is 60.9 Å². The van der Waals surface area contributed by atoms with Crippen molar-refractivity contribution in [3.8, 4) is 0 Å². The van der Waals surface area contributed by atoms with Crippen molar-refractivity contribution < 1.29 is 13.2 Å². The summed E-state index contributed by atoms with van der Waals surface area (Å²) in [6, 6.07) is 5.82. The fourth-order valence-corrected chi connectivity index (χ4v) is 4.51. The smallest absolute Gasteiger partial charge is 0.257 e. The number of piperidine rings is 1. The van der Waals surface area contributed by atoms with Crippen LogP contribution in [0.5, 0.6) is 0 Å². The molecule has 1 amide bonds. The highest BCUT2D eigenvalue weighted by Crippen LogP contribution is 2.20. The predicted molar refractivity (Wildman–Crippen MR) is 104 cm³/mol. The zero-order valence-corrected chi connectivity index (χ0v) is 17.0. The van der Waals surface area contributed by atoms with E-state index in [9.17, 15) is 13.2 Å². The Morgan fingerprint density at radius 1 is 1.15 bits per heavy atom. The Kier molecular flexibility index (Phi) is 6.20. The molecule has 27 heavy (non-hydrogen) atoms. The number of sulfonamides is 1. The summed E-state index contributed by atoms with van der Waals surface area (Å²) in [5.74, 6) is -0.343. The molecule has 0 aliphatic carbocycles. The molecule has 1 saturated heterocycles. The van der Waals surface area contributed by atoms with Gasteiger partial charge < -0.3 is 0 Å². The van der Waals surface area contributed by atoms with Crippen molar-refractivity contribution in [2.24, 2.45) is 0 Å². The molecule has 0 spiro atoms. The molecule has 1 fully saturated rings. The number of hydrogen-bond acceptors (Lipinski definition) is 7. The molecule has 0 radical (unpaired) electrons. The number of aromatic nitrogens is 2. The molecular formula is C17H23N5O3S2. The van der Waals surface area contributed by atoms with E-state index in [0.717, 1.165) is 28.9 Å². The van der Waals surface area contributed by atoms with Crippen LogP contribution in [0.15, 0.2) is 29.2 Å². The molecule has 2 heterocycles. The van der Waals surface area contributed by atoms with E-state index in [-0.39, 0.29) is 10.8 Å². The topological polar surface area (TPSA) is 95.5 Å². The summed E-state index contributed by atoms with van der Waals surface area (Å²) in [5.41, 5.74) is 0.362. The third-order valence-corrected chi connectivity index (χ3v) is 7.04. The maximum Gasteiger partial charge on any atom is 0.257 e. The van der Waals surface area contributed by atoms with Crippen molar-refractivity contribution in [2.45, 2.75) is 30.7 Å². The molecule has 1 aliphatic heterocycles. The third-order valence-electron chi connectivity index (χ3n) is 4.39.